The molecular formula is C21H21N5O3S2. The summed E-state index contributed by atoms with van der Waals surface area (Å²) in [6.45, 7) is 3.03. The maximum atomic E-state index is 13.2. The van der Waals surface area contributed by atoms with Gasteiger partial charge in [-0.05, 0) is 31.2 Å². The zero-order valence-electron chi connectivity index (χ0n) is 16.9. The smallest absolute Gasteiger partial charge is 0.309 e. The van der Waals surface area contributed by atoms with E-state index in [1.54, 1.807) is 11.8 Å². The van der Waals surface area contributed by atoms with Gasteiger partial charge in [-0.2, -0.15) is 5.26 Å². The number of hydrogen-bond acceptors (Lipinski definition) is 9. The van der Waals surface area contributed by atoms with Crippen LogP contribution in [0, 0.1) is 17.2 Å². The highest BCUT2D eigenvalue weighted by atomic mass is 32.1. The predicted octanol–water partition coefficient (Wildman–Crippen LogP) is 3.48. The number of nitrogen functional groups attached to an aromatic ring is 2. The fourth-order valence-corrected chi connectivity index (χ4v) is 5.69. The molecule has 1 saturated heterocycles. The zero-order chi connectivity index (χ0) is 22.1. The zero-order valence-corrected chi connectivity index (χ0v) is 18.5. The first kappa shape index (κ1) is 21.1. The van der Waals surface area contributed by atoms with Gasteiger partial charge in [0.2, 0.25) is 0 Å². The van der Waals surface area contributed by atoms with Gasteiger partial charge in [0.1, 0.15) is 27.2 Å². The summed E-state index contributed by atoms with van der Waals surface area (Å²) < 4.78 is 5.10. The second kappa shape index (κ2) is 8.53. The Balaban J connectivity index is 1.69. The number of piperidine rings is 1. The number of carbonyl (C=O) groups is 2. The lowest BCUT2D eigenvalue weighted by Gasteiger charge is -2.30. The normalized spacial score (nSPS) is 14.5. The van der Waals surface area contributed by atoms with Crippen LogP contribution >= 0.6 is 22.7 Å². The van der Waals surface area contributed by atoms with E-state index in [1.165, 1.54) is 22.7 Å². The largest absolute Gasteiger partial charge is 0.466 e. The number of hydrogen-bond donors (Lipinski definition) is 2. The highest BCUT2D eigenvalue weighted by Gasteiger charge is 2.31. The summed E-state index contributed by atoms with van der Waals surface area (Å²) in [6, 6.07) is 5.90. The van der Waals surface area contributed by atoms with Crippen molar-refractivity contribution >= 4 is 56.3 Å². The van der Waals surface area contributed by atoms with Crippen LogP contribution in [0.4, 0.5) is 11.5 Å². The molecule has 0 bridgehead atoms. The van der Waals surface area contributed by atoms with Crippen molar-refractivity contribution in [1.82, 2.24) is 9.88 Å². The van der Waals surface area contributed by atoms with Crippen LogP contribution < -0.4 is 11.5 Å². The summed E-state index contributed by atoms with van der Waals surface area (Å²) in [5, 5.41) is 12.2. The van der Waals surface area contributed by atoms with E-state index in [2.05, 4.69) is 11.1 Å². The van der Waals surface area contributed by atoms with Crippen molar-refractivity contribution in [2.24, 2.45) is 5.92 Å². The van der Waals surface area contributed by atoms with Crippen LogP contribution in [0.3, 0.4) is 0 Å². The van der Waals surface area contributed by atoms with E-state index in [-0.39, 0.29) is 29.2 Å². The molecule has 10 heteroatoms. The number of carbonyl (C=O) groups excluding carboxylic acids is 2. The maximum absolute atomic E-state index is 13.2. The Labute approximate surface area is 187 Å². The molecule has 0 radical (unpaired) electrons. The molecule has 1 amide bonds. The number of fused-ring (bicyclic) bond motifs is 1. The summed E-state index contributed by atoms with van der Waals surface area (Å²) in [7, 11) is 0. The van der Waals surface area contributed by atoms with Crippen LogP contribution in [0.2, 0.25) is 0 Å². The van der Waals surface area contributed by atoms with Gasteiger partial charge in [-0.15, -0.1) is 22.7 Å². The molecule has 1 aliphatic rings. The monoisotopic (exact) mass is 455 g/mol. The van der Waals surface area contributed by atoms with Crippen molar-refractivity contribution in [2.45, 2.75) is 19.8 Å². The van der Waals surface area contributed by atoms with Crippen LogP contribution in [0.15, 0.2) is 17.5 Å². The first-order valence-corrected chi connectivity index (χ1v) is 11.6. The van der Waals surface area contributed by atoms with Crippen molar-refractivity contribution in [3.05, 3.63) is 28.0 Å². The SMILES string of the molecule is CCOC(=O)C1CCN(C(=O)c2sc3nc(N)c(C#N)c(-c4cccs4)c3c2N)CC1. The molecule has 0 saturated carbocycles. The third-order valence-corrected chi connectivity index (χ3v) is 7.36. The summed E-state index contributed by atoms with van der Waals surface area (Å²) >= 11 is 2.65. The highest BCUT2D eigenvalue weighted by molar-refractivity contribution is 7.21. The van der Waals surface area contributed by atoms with E-state index in [9.17, 15) is 14.9 Å². The lowest BCUT2D eigenvalue weighted by molar-refractivity contribution is -0.149. The van der Waals surface area contributed by atoms with E-state index < -0.39 is 0 Å². The fourth-order valence-electron chi connectivity index (χ4n) is 3.83. The van der Waals surface area contributed by atoms with Crippen molar-refractivity contribution < 1.29 is 14.3 Å². The van der Waals surface area contributed by atoms with Crippen LogP contribution in [-0.2, 0) is 9.53 Å². The third-order valence-electron chi connectivity index (χ3n) is 5.38. The minimum Gasteiger partial charge on any atom is -0.466 e. The Morgan fingerprint density at radius 1 is 1.35 bits per heavy atom. The Kier molecular flexibility index (Phi) is 5.80. The Morgan fingerprint density at radius 3 is 2.71 bits per heavy atom. The average molecular weight is 456 g/mol. The number of nitriles is 1. The molecule has 0 aromatic carbocycles. The molecule has 0 aliphatic carbocycles. The van der Waals surface area contributed by atoms with E-state index in [1.807, 2.05) is 17.5 Å². The van der Waals surface area contributed by atoms with Gasteiger partial charge < -0.3 is 21.1 Å². The second-order valence-corrected chi connectivity index (χ2v) is 9.13. The molecule has 1 aliphatic heterocycles. The fraction of sp³-hybridized carbons (Fsp3) is 0.333. The number of rotatable bonds is 4. The lowest BCUT2D eigenvalue weighted by atomic mass is 9.97. The molecule has 0 spiro atoms. The summed E-state index contributed by atoms with van der Waals surface area (Å²) in [6.07, 6.45) is 1.11. The van der Waals surface area contributed by atoms with Gasteiger partial charge >= 0.3 is 5.97 Å². The number of amides is 1. The quantitative estimate of drug-likeness (QED) is 0.575. The van der Waals surface area contributed by atoms with Crippen molar-refractivity contribution in [3.8, 4) is 16.5 Å². The first-order valence-electron chi connectivity index (χ1n) is 9.87. The molecule has 8 nitrogen and oxygen atoms in total. The number of thiophene rings is 2. The predicted molar refractivity (Wildman–Crippen MR) is 122 cm³/mol. The molecule has 31 heavy (non-hydrogen) atoms. The Bertz CT molecular complexity index is 1190. The molecular weight excluding hydrogens is 434 g/mol. The van der Waals surface area contributed by atoms with Gasteiger partial charge in [0.05, 0.1) is 18.2 Å². The summed E-state index contributed by atoms with van der Waals surface area (Å²) in [5.74, 6) is -0.472. The number of likely N-dealkylation sites (tertiary alicyclic amines) is 1. The Hall–Kier alpha value is -3.16. The molecule has 4 rings (SSSR count). The third kappa shape index (κ3) is 3.71. The highest BCUT2D eigenvalue weighted by Crippen LogP contribution is 2.44. The molecule has 0 atom stereocenters. The van der Waals surface area contributed by atoms with Crippen LogP contribution in [-0.4, -0.2) is 41.5 Å². The van der Waals surface area contributed by atoms with Crippen LogP contribution in [0.1, 0.15) is 35.0 Å². The van der Waals surface area contributed by atoms with Crippen molar-refractivity contribution in [1.29, 1.82) is 5.26 Å². The topological polar surface area (TPSA) is 135 Å². The van der Waals surface area contributed by atoms with Crippen LogP contribution in [0.25, 0.3) is 20.7 Å². The summed E-state index contributed by atoms with van der Waals surface area (Å²) in [5.41, 5.74) is 13.7. The number of pyridine rings is 1. The lowest BCUT2D eigenvalue weighted by Crippen LogP contribution is -2.40. The molecule has 4 N–H and O–H groups in total. The number of aromatic nitrogens is 1. The minimum atomic E-state index is -0.208. The average Bonchev–Trinajstić information content (AvgIpc) is 3.41. The van der Waals surface area contributed by atoms with Crippen LogP contribution in [0.5, 0.6) is 0 Å². The number of ether oxygens (including phenoxy) is 1. The van der Waals surface area contributed by atoms with Gasteiger partial charge in [0.15, 0.2) is 0 Å². The van der Waals surface area contributed by atoms with Gasteiger partial charge in [-0.3, -0.25) is 9.59 Å². The van der Waals surface area contributed by atoms with Crippen molar-refractivity contribution in [2.75, 3.05) is 31.2 Å². The van der Waals surface area contributed by atoms with E-state index >= 15 is 0 Å². The molecule has 4 heterocycles. The van der Waals surface area contributed by atoms with E-state index in [0.717, 1.165) is 4.88 Å². The molecule has 0 unspecified atom stereocenters. The second-order valence-electron chi connectivity index (χ2n) is 7.18. The molecule has 1 fully saturated rings. The Morgan fingerprint density at radius 2 is 2.10 bits per heavy atom. The molecule has 3 aromatic heterocycles. The molecule has 3 aromatic rings. The number of nitrogens with zero attached hydrogens (tertiary/aromatic N) is 3. The van der Waals surface area contributed by atoms with Gasteiger partial charge in [-0.1, -0.05) is 6.07 Å². The van der Waals surface area contributed by atoms with Gasteiger partial charge in [0.25, 0.3) is 5.91 Å². The maximum Gasteiger partial charge on any atom is 0.309 e. The van der Waals surface area contributed by atoms with E-state index in [0.29, 0.717) is 58.9 Å². The van der Waals surface area contributed by atoms with Gasteiger partial charge in [-0.25, -0.2) is 4.98 Å². The van der Waals surface area contributed by atoms with Crippen molar-refractivity contribution in [3.63, 3.8) is 0 Å². The standard InChI is InChI=1S/C21H21N5O3S2/c1-2-29-21(28)11-5-7-26(8-6-11)20(27)17-16(23)15-14(13-4-3-9-30-13)12(10-22)18(24)25-19(15)31-17/h3-4,9,11H,2,5-8,23H2,1H3,(H2,24,25). The number of anilines is 2. The van der Waals surface area contributed by atoms with Gasteiger partial charge in [0, 0.05) is 28.9 Å². The van der Waals surface area contributed by atoms with E-state index in [4.69, 9.17) is 16.2 Å². The first-order chi connectivity index (χ1) is 15.0. The molecule has 160 valence electrons. The number of nitrogens with two attached hydrogens (primary N) is 2. The number of esters is 1. The minimum absolute atomic E-state index is 0.119. The summed E-state index contributed by atoms with van der Waals surface area (Å²) in [4.78, 5) is 33.0.